The number of methoxy groups -OCH3 is 1. The van der Waals surface area contributed by atoms with Gasteiger partial charge in [0, 0.05) is 19.0 Å². The van der Waals surface area contributed by atoms with Crippen LogP contribution in [0.3, 0.4) is 0 Å². The number of ether oxygens (including phenoxy) is 3. The number of halogens is 3. The zero-order valence-electron chi connectivity index (χ0n) is 24.2. The minimum Gasteiger partial charge on any atom is -0.475 e. The van der Waals surface area contributed by atoms with Gasteiger partial charge in [0.1, 0.15) is 5.54 Å². The summed E-state index contributed by atoms with van der Waals surface area (Å²) in [5.41, 5.74) is 2.25. The summed E-state index contributed by atoms with van der Waals surface area (Å²) in [4.78, 5) is 50.8. The first-order valence-corrected chi connectivity index (χ1v) is 14.0. The highest BCUT2D eigenvalue weighted by molar-refractivity contribution is 6.09. The molecule has 6 rings (SSSR count). The quantitative estimate of drug-likeness (QED) is 0.306. The number of aliphatic carboxylic acids is 1. The van der Waals surface area contributed by atoms with Gasteiger partial charge < -0.3 is 19.3 Å². The average molecular weight is 627 g/mol. The van der Waals surface area contributed by atoms with E-state index in [1.54, 1.807) is 6.92 Å². The molecule has 45 heavy (non-hydrogen) atoms. The van der Waals surface area contributed by atoms with E-state index < -0.39 is 41.5 Å². The molecule has 3 aliphatic rings. The maximum absolute atomic E-state index is 13.6. The molecule has 13 heteroatoms. The van der Waals surface area contributed by atoms with Crippen molar-refractivity contribution in [3.05, 3.63) is 83.9 Å². The number of nitrogens with zero attached hydrogens (tertiary/aromatic N) is 1. The van der Waals surface area contributed by atoms with E-state index in [0.29, 0.717) is 11.5 Å². The van der Waals surface area contributed by atoms with Crippen molar-refractivity contribution in [3.63, 3.8) is 0 Å². The molecule has 4 atom stereocenters. The molecule has 2 N–H and O–H groups in total. The SMILES string of the molecule is CCN1C(=O)C2C(c3ccc(-c4ccc5c(c4)OCO5)cc3)N[C@@](Cc3ccccc3)(C(=O)OC)C2C1=O.O=C(O)C(F)(F)F. The van der Waals surface area contributed by atoms with Crippen LogP contribution in [-0.4, -0.2) is 65.9 Å². The maximum atomic E-state index is 13.6. The van der Waals surface area contributed by atoms with Gasteiger partial charge >= 0.3 is 18.1 Å². The van der Waals surface area contributed by atoms with Gasteiger partial charge in [0.2, 0.25) is 18.6 Å². The Morgan fingerprint density at radius 1 is 0.978 bits per heavy atom. The molecule has 0 aliphatic carbocycles. The smallest absolute Gasteiger partial charge is 0.475 e. The lowest BCUT2D eigenvalue weighted by Gasteiger charge is -2.32. The van der Waals surface area contributed by atoms with Crippen LogP contribution < -0.4 is 14.8 Å². The first-order chi connectivity index (χ1) is 21.4. The van der Waals surface area contributed by atoms with E-state index in [2.05, 4.69) is 5.32 Å². The van der Waals surface area contributed by atoms with Crippen LogP contribution >= 0.6 is 0 Å². The van der Waals surface area contributed by atoms with Gasteiger partial charge in [-0.25, -0.2) is 4.79 Å². The highest BCUT2D eigenvalue weighted by Crippen LogP contribution is 2.50. The molecule has 0 aromatic heterocycles. The summed E-state index contributed by atoms with van der Waals surface area (Å²) in [6.07, 6.45) is -4.86. The normalized spacial score (nSPS) is 23.3. The zero-order valence-corrected chi connectivity index (χ0v) is 24.2. The molecule has 3 aliphatic heterocycles. The van der Waals surface area contributed by atoms with Crippen LogP contribution in [0.2, 0.25) is 0 Å². The van der Waals surface area contributed by atoms with Crippen molar-refractivity contribution in [2.45, 2.75) is 31.1 Å². The third kappa shape index (κ3) is 5.82. The Morgan fingerprint density at radius 2 is 1.60 bits per heavy atom. The largest absolute Gasteiger partial charge is 0.490 e. The molecular weight excluding hydrogens is 597 g/mol. The summed E-state index contributed by atoms with van der Waals surface area (Å²) in [5, 5.41) is 10.6. The van der Waals surface area contributed by atoms with Crippen LogP contribution in [0.1, 0.15) is 24.1 Å². The standard InChI is InChI=1S/C30H28N2O6.C2HF3O2/c1-3-32-27(33)24-25(28(32)34)30(29(35)36-2,16-18-7-5-4-6-8-18)31-26(24)20-11-9-19(10-12-20)21-13-14-22-23(15-21)38-17-37-22;3-2(4,5)1(6)7/h4-15,24-26,31H,3,16-17H2,1-2H3;(H,6,7)/t24?,25?,26?,30-;/m1./s1. The van der Waals surface area contributed by atoms with Crippen molar-refractivity contribution < 1.29 is 51.7 Å². The fourth-order valence-corrected chi connectivity index (χ4v) is 6.14. The zero-order chi connectivity index (χ0) is 32.5. The minimum atomic E-state index is -5.08. The van der Waals surface area contributed by atoms with Crippen molar-refractivity contribution in [1.29, 1.82) is 0 Å². The summed E-state index contributed by atoms with van der Waals surface area (Å²) in [6, 6.07) is 22.6. The summed E-state index contributed by atoms with van der Waals surface area (Å²) < 4.78 is 47.9. The molecule has 10 nitrogen and oxygen atoms in total. The van der Waals surface area contributed by atoms with Crippen molar-refractivity contribution in [2.75, 3.05) is 20.4 Å². The molecule has 0 spiro atoms. The van der Waals surface area contributed by atoms with Crippen LogP contribution in [0, 0.1) is 11.8 Å². The summed E-state index contributed by atoms with van der Waals surface area (Å²) >= 11 is 0. The predicted molar refractivity (Wildman–Crippen MR) is 152 cm³/mol. The van der Waals surface area contributed by atoms with Crippen LogP contribution in [0.25, 0.3) is 11.1 Å². The first kappa shape index (κ1) is 31.5. The molecule has 3 unspecified atom stereocenters. The van der Waals surface area contributed by atoms with Crippen molar-refractivity contribution in [2.24, 2.45) is 11.8 Å². The topological polar surface area (TPSA) is 131 Å². The number of carbonyl (C=O) groups excluding carboxylic acids is 3. The van der Waals surface area contributed by atoms with Crippen molar-refractivity contribution >= 4 is 23.8 Å². The van der Waals surface area contributed by atoms with Crippen LogP contribution in [-0.2, 0) is 30.3 Å². The molecule has 2 fully saturated rings. The van der Waals surface area contributed by atoms with Gasteiger partial charge in [0.25, 0.3) is 0 Å². The van der Waals surface area contributed by atoms with E-state index in [-0.39, 0.29) is 31.6 Å². The third-order valence-electron chi connectivity index (χ3n) is 8.16. The van der Waals surface area contributed by atoms with E-state index in [1.165, 1.54) is 12.0 Å². The number of carbonyl (C=O) groups is 4. The van der Waals surface area contributed by atoms with Gasteiger partial charge in [-0.15, -0.1) is 0 Å². The van der Waals surface area contributed by atoms with Gasteiger partial charge in [-0.05, 0) is 41.3 Å². The Hall–Kier alpha value is -4.91. The monoisotopic (exact) mass is 626 g/mol. The molecule has 2 saturated heterocycles. The van der Waals surface area contributed by atoms with E-state index in [9.17, 15) is 27.6 Å². The van der Waals surface area contributed by atoms with Crippen LogP contribution in [0.5, 0.6) is 11.5 Å². The number of benzene rings is 3. The predicted octanol–water partition coefficient (Wildman–Crippen LogP) is 4.14. The highest BCUT2D eigenvalue weighted by Gasteiger charge is 2.68. The summed E-state index contributed by atoms with van der Waals surface area (Å²) in [6.45, 7) is 2.24. The van der Waals surface area contributed by atoms with Crippen LogP contribution in [0.4, 0.5) is 13.2 Å². The number of rotatable bonds is 6. The summed E-state index contributed by atoms with van der Waals surface area (Å²) in [5.74, 6) is -4.08. The second-order valence-electron chi connectivity index (χ2n) is 10.7. The number of nitrogens with one attached hydrogen (secondary N) is 1. The molecule has 0 saturated carbocycles. The molecule has 3 aromatic rings. The number of carboxylic acid groups (broad SMARTS) is 1. The lowest BCUT2D eigenvalue weighted by Crippen LogP contribution is -2.57. The maximum Gasteiger partial charge on any atom is 0.490 e. The molecule has 0 radical (unpaired) electrons. The average Bonchev–Trinajstić information content (AvgIpc) is 3.70. The fraction of sp³-hybridized carbons (Fsp3) is 0.312. The van der Waals surface area contributed by atoms with Gasteiger partial charge in [0.15, 0.2) is 11.5 Å². The molecule has 236 valence electrons. The molecular formula is C32H29F3N2O8. The van der Waals surface area contributed by atoms with Crippen molar-refractivity contribution in [3.8, 4) is 22.6 Å². The Balaban J connectivity index is 0.000000515. The fourth-order valence-electron chi connectivity index (χ4n) is 6.14. The molecule has 0 bridgehead atoms. The lowest BCUT2D eigenvalue weighted by atomic mass is 9.76. The Morgan fingerprint density at radius 3 is 2.20 bits per heavy atom. The first-order valence-electron chi connectivity index (χ1n) is 14.0. The number of alkyl halides is 3. The highest BCUT2D eigenvalue weighted by atomic mass is 19.4. The third-order valence-corrected chi connectivity index (χ3v) is 8.16. The second-order valence-corrected chi connectivity index (χ2v) is 10.7. The Kier molecular flexibility index (Phi) is 8.57. The van der Waals surface area contributed by atoms with E-state index >= 15 is 0 Å². The van der Waals surface area contributed by atoms with E-state index in [0.717, 1.165) is 22.3 Å². The number of fused-ring (bicyclic) bond motifs is 2. The number of likely N-dealkylation sites (tertiary alicyclic amines) is 1. The minimum absolute atomic E-state index is 0.208. The lowest BCUT2D eigenvalue weighted by molar-refractivity contribution is -0.192. The number of carboxylic acids is 1. The van der Waals surface area contributed by atoms with Gasteiger partial charge in [-0.3, -0.25) is 24.6 Å². The van der Waals surface area contributed by atoms with Gasteiger partial charge in [-0.2, -0.15) is 13.2 Å². The number of imide groups is 1. The Bertz CT molecular complexity index is 1610. The van der Waals surface area contributed by atoms with Gasteiger partial charge in [0.05, 0.1) is 18.9 Å². The van der Waals surface area contributed by atoms with Gasteiger partial charge in [-0.1, -0.05) is 60.7 Å². The van der Waals surface area contributed by atoms with E-state index in [4.69, 9.17) is 24.1 Å². The second kappa shape index (κ2) is 12.2. The van der Waals surface area contributed by atoms with E-state index in [1.807, 2.05) is 72.8 Å². The molecule has 3 heterocycles. The number of hydrogen-bond donors (Lipinski definition) is 2. The number of esters is 1. The summed E-state index contributed by atoms with van der Waals surface area (Å²) in [7, 11) is 1.32. The Labute approximate surface area is 255 Å². The van der Waals surface area contributed by atoms with Crippen LogP contribution in [0.15, 0.2) is 72.8 Å². The molecule has 3 aromatic carbocycles. The number of hydrogen-bond acceptors (Lipinski definition) is 8. The molecule has 2 amide bonds. The van der Waals surface area contributed by atoms with Crippen molar-refractivity contribution in [1.82, 2.24) is 10.2 Å². The number of amides is 2.